The smallest absolute Gasteiger partial charge is 0.187 e. The number of fused-ring (bicyclic) bond motifs is 7. The van der Waals surface area contributed by atoms with Gasteiger partial charge >= 0.3 is 0 Å². The van der Waals surface area contributed by atoms with E-state index in [1.54, 1.807) is 0 Å². The number of aliphatic hydroxyl groups excluding tert-OH is 9. The van der Waals surface area contributed by atoms with Crippen LogP contribution in [0.4, 0.5) is 0 Å². The fourth-order valence-electron chi connectivity index (χ4n) is 14.0. The molecule has 9 N–H and O–H groups in total. The Balaban J connectivity index is 0.913. The van der Waals surface area contributed by atoms with Crippen LogP contribution in [-0.4, -0.2) is 170 Å². The number of allylic oxidation sites excluding steroid dienone is 1. The van der Waals surface area contributed by atoms with Crippen molar-refractivity contribution in [2.75, 3.05) is 19.8 Å². The minimum absolute atomic E-state index is 0.0220. The van der Waals surface area contributed by atoms with Gasteiger partial charge in [-0.25, -0.2) is 0 Å². The summed E-state index contributed by atoms with van der Waals surface area (Å²) >= 11 is 0. The van der Waals surface area contributed by atoms with Crippen LogP contribution in [0.25, 0.3) is 0 Å². The molecule has 9 aliphatic rings. The zero-order valence-corrected chi connectivity index (χ0v) is 35.4. The van der Waals surface area contributed by atoms with E-state index >= 15 is 0 Å². The molecule has 0 amide bonds. The SMILES string of the molecule is C[C@@H]1CC[C@@]2(OC1)O[C@H]1C[C@@H]3[C@@H]4CC=C5C[C@@H](O[C@@H]6O[C@H](CO)[C@@H](O[C@@H]7OC[C@H](O)[C@H](O)[C@H]7O)[C@H](O)[C@H]6O[C@@H]6C[C@@H](O)[C@H](O)[C@@H](O)[C@H]6O)CC[C@]5(C)[C@@H]4CC[C@]3(C)[C@H]1[C@@H]2C. The molecule has 342 valence electrons. The predicted molar refractivity (Wildman–Crippen MR) is 208 cm³/mol. The van der Waals surface area contributed by atoms with Crippen molar-refractivity contribution in [1.82, 2.24) is 0 Å². The van der Waals surface area contributed by atoms with E-state index in [0.29, 0.717) is 48.3 Å². The van der Waals surface area contributed by atoms with Crippen LogP contribution in [0.15, 0.2) is 11.6 Å². The van der Waals surface area contributed by atoms with Gasteiger partial charge in [-0.2, -0.15) is 0 Å². The fourth-order valence-corrected chi connectivity index (χ4v) is 14.0. The second kappa shape index (κ2) is 16.5. The second-order valence-electron chi connectivity index (χ2n) is 20.8. The van der Waals surface area contributed by atoms with Gasteiger partial charge in [0.05, 0.1) is 44.2 Å². The summed E-state index contributed by atoms with van der Waals surface area (Å²) in [7, 11) is 0. The van der Waals surface area contributed by atoms with Crippen LogP contribution in [0.1, 0.15) is 91.9 Å². The van der Waals surface area contributed by atoms with Gasteiger partial charge in [-0.1, -0.05) is 39.3 Å². The van der Waals surface area contributed by atoms with E-state index in [1.165, 1.54) is 5.57 Å². The molecule has 5 aliphatic carbocycles. The summed E-state index contributed by atoms with van der Waals surface area (Å²) in [5.74, 6) is 2.61. The molecule has 9 rings (SSSR count). The maximum Gasteiger partial charge on any atom is 0.187 e. The summed E-state index contributed by atoms with van der Waals surface area (Å²) in [5, 5.41) is 95.4. The molecule has 0 aromatic carbocycles. The highest BCUT2D eigenvalue weighted by molar-refractivity contribution is 5.26. The molecule has 16 heteroatoms. The molecule has 0 radical (unpaired) electrons. The maximum absolute atomic E-state index is 11.9. The highest BCUT2D eigenvalue weighted by Crippen LogP contribution is 2.70. The summed E-state index contributed by atoms with van der Waals surface area (Å²) in [6, 6.07) is 0. The normalized spacial score (nSPS) is 57.9. The van der Waals surface area contributed by atoms with E-state index in [9.17, 15) is 46.0 Å². The van der Waals surface area contributed by atoms with Crippen LogP contribution < -0.4 is 0 Å². The molecule has 4 saturated carbocycles. The van der Waals surface area contributed by atoms with Gasteiger partial charge in [0.15, 0.2) is 18.4 Å². The van der Waals surface area contributed by atoms with E-state index in [0.717, 1.165) is 51.6 Å². The first kappa shape index (κ1) is 44.3. The Morgan fingerprint density at radius 1 is 0.733 bits per heavy atom. The number of aliphatic hydroxyl groups is 9. The molecule has 25 atom stereocenters. The van der Waals surface area contributed by atoms with Crippen LogP contribution in [0.3, 0.4) is 0 Å². The molecule has 1 spiro atoms. The molecule has 0 unspecified atom stereocenters. The largest absolute Gasteiger partial charge is 0.394 e. The van der Waals surface area contributed by atoms with E-state index in [2.05, 4.69) is 33.8 Å². The van der Waals surface area contributed by atoms with Crippen molar-refractivity contribution in [3.05, 3.63) is 11.6 Å². The Morgan fingerprint density at radius 3 is 2.23 bits per heavy atom. The van der Waals surface area contributed by atoms with Crippen molar-refractivity contribution in [1.29, 1.82) is 0 Å². The van der Waals surface area contributed by atoms with Crippen LogP contribution in [0.2, 0.25) is 0 Å². The predicted octanol–water partition coefficient (Wildman–Crippen LogP) is 0.242. The van der Waals surface area contributed by atoms with E-state index in [4.69, 9.17) is 33.2 Å². The van der Waals surface area contributed by atoms with Gasteiger partial charge in [-0.05, 0) is 91.8 Å². The maximum atomic E-state index is 11.9. The van der Waals surface area contributed by atoms with Gasteiger partial charge in [0.1, 0.15) is 61.0 Å². The Bertz CT molecular complexity index is 1560. The summed E-state index contributed by atoms with van der Waals surface area (Å²) in [4.78, 5) is 0. The minimum atomic E-state index is -1.74. The van der Waals surface area contributed by atoms with Crippen LogP contribution >= 0.6 is 0 Å². The Morgan fingerprint density at radius 2 is 1.50 bits per heavy atom. The van der Waals surface area contributed by atoms with Crippen molar-refractivity contribution < 1.29 is 79.1 Å². The number of hydrogen-bond acceptors (Lipinski definition) is 16. The lowest BCUT2D eigenvalue weighted by atomic mass is 9.47. The van der Waals surface area contributed by atoms with Crippen LogP contribution in [0.5, 0.6) is 0 Å². The summed E-state index contributed by atoms with van der Waals surface area (Å²) < 4.78 is 44.1. The van der Waals surface area contributed by atoms with Gasteiger partial charge in [0.25, 0.3) is 0 Å². The first-order chi connectivity index (χ1) is 28.5. The van der Waals surface area contributed by atoms with Gasteiger partial charge in [-0.3, -0.25) is 0 Å². The minimum Gasteiger partial charge on any atom is -0.394 e. The third-order valence-corrected chi connectivity index (χ3v) is 17.5. The molecule has 4 aliphatic heterocycles. The van der Waals surface area contributed by atoms with Crippen molar-refractivity contribution in [2.24, 2.45) is 46.3 Å². The van der Waals surface area contributed by atoms with E-state index in [1.807, 2.05) is 0 Å². The van der Waals surface area contributed by atoms with Crippen molar-refractivity contribution in [3.8, 4) is 0 Å². The molecule has 8 fully saturated rings. The van der Waals surface area contributed by atoms with Crippen molar-refractivity contribution >= 4 is 0 Å². The number of hydrogen-bond donors (Lipinski definition) is 9. The lowest BCUT2D eigenvalue weighted by Gasteiger charge is -2.59. The third-order valence-electron chi connectivity index (χ3n) is 17.5. The van der Waals surface area contributed by atoms with Gasteiger partial charge < -0.3 is 79.1 Å². The molecule has 0 aromatic rings. The molecule has 16 nitrogen and oxygen atoms in total. The molecule has 60 heavy (non-hydrogen) atoms. The zero-order valence-electron chi connectivity index (χ0n) is 35.4. The Labute approximate surface area is 352 Å². The number of rotatable bonds is 7. The summed E-state index contributed by atoms with van der Waals surface area (Å²) in [6.07, 6.45) is -10.2. The Hall–Kier alpha value is -0.900. The molecular formula is C44H70O16. The lowest BCUT2D eigenvalue weighted by Crippen LogP contribution is -2.66. The van der Waals surface area contributed by atoms with Gasteiger partial charge in [-0.15, -0.1) is 0 Å². The average Bonchev–Trinajstić information content (AvgIpc) is 3.68. The van der Waals surface area contributed by atoms with Crippen LogP contribution in [0, 0.1) is 46.3 Å². The monoisotopic (exact) mass is 854 g/mol. The zero-order chi connectivity index (χ0) is 42.6. The Kier molecular flexibility index (Phi) is 12.2. The molecule has 0 aromatic heterocycles. The van der Waals surface area contributed by atoms with Crippen LogP contribution in [-0.2, 0) is 33.2 Å². The third kappa shape index (κ3) is 7.19. The second-order valence-corrected chi connectivity index (χ2v) is 20.8. The molecule has 4 heterocycles. The molecule has 4 saturated heterocycles. The highest BCUT2D eigenvalue weighted by Gasteiger charge is 2.69. The first-order valence-electron chi connectivity index (χ1n) is 22.8. The quantitative estimate of drug-likeness (QED) is 0.156. The molecule has 0 bridgehead atoms. The first-order valence-corrected chi connectivity index (χ1v) is 22.8. The summed E-state index contributed by atoms with van der Waals surface area (Å²) in [5.41, 5.74) is 1.52. The van der Waals surface area contributed by atoms with E-state index in [-0.39, 0.29) is 36.1 Å². The van der Waals surface area contributed by atoms with Gasteiger partial charge in [0, 0.05) is 18.8 Å². The van der Waals surface area contributed by atoms with Crippen molar-refractivity contribution in [2.45, 2.75) is 196 Å². The topological polar surface area (TPSA) is 247 Å². The van der Waals surface area contributed by atoms with Gasteiger partial charge in [0.2, 0.25) is 0 Å². The van der Waals surface area contributed by atoms with Crippen molar-refractivity contribution in [3.63, 3.8) is 0 Å². The number of ether oxygens (including phenoxy) is 7. The average molecular weight is 855 g/mol. The fraction of sp³-hybridized carbons (Fsp3) is 0.955. The highest BCUT2D eigenvalue weighted by atomic mass is 16.7. The molecular weight excluding hydrogens is 784 g/mol. The lowest BCUT2D eigenvalue weighted by molar-refractivity contribution is -0.365. The van der Waals surface area contributed by atoms with E-state index < -0.39 is 98.2 Å². The standard InChI is InChI=1S/C44H70O16/c1-19-7-12-44(55-17-19)20(2)31-28(60-44)14-25-23-6-5-21-13-22(8-10-42(21,3)24(23)9-11-43(25,31)4)56-41-39(57-29-15-26(46)32(48)35(51)34(29)50)37(53)38(30(16-45)58-41)59-40-36(52)33(49)27(47)18-54-40/h5,19-20,22-41,45-53H,6-18H2,1-4H3/t19-,20+,22+,23-,24-,25-,26-,27+,28+,29-,30-,31+,32+,33+,34+,35-,36-,37+,38-,39-,40+,41-,42+,43+,44-/m1/s1. The summed E-state index contributed by atoms with van der Waals surface area (Å²) in [6.45, 7) is 9.35.